The maximum absolute atomic E-state index is 10.9. The minimum atomic E-state index is -0.652. The van der Waals surface area contributed by atoms with Crippen molar-refractivity contribution in [2.24, 2.45) is 5.73 Å². The molecule has 6 heteroatoms. The first kappa shape index (κ1) is 12.6. The Hall–Kier alpha value is -0.370. The van der Waals surface area contributed by atoms with Gasteiger partial charge in [0, 0.05) is 10.8 Å². The fourth-order valence-electron chi connectivity index (χ4n) is 0.425. The highest BCUT2D eigenvalue weighted by Gasteiger charge is 2.13. The number of halogens is 1. The fourth-order valence-corrected chi connectivity index (χ4v) is 0.785. The summed E-state index contributed by atoms with van der Waals surface area (Å²) in [6, 6.07) is -0.652. The molecule has 0 saturated carbocycles. The molecule has 76 valence electrons. The van der Waals surface area contributed by atoms with Gasteiger partial charge in [-0.1, -0.05) is 29.5 Å². The number of esters is 2. The van der Waals surface area contributed by atoms with Gasteiger partial charge >= 0.3 is 11.9 Å². The Morgan fingerprint density at radius 2 is 2.08 bits per heavy atom. The third kappa shape index (κ3) is 5.81. The van der Waals surface area contributed by atoms with Crippen molar-refractivity contribution in [2.45, 2.75) is 19.4 Å². The topological polar surface area (TPSA) is 78.6 Å². The fraction of sp³-hybridized carbons (Fsp3) is 0.714. The molecule has 0 fully saturated rings. The molecule has 0 amide bonds. The van der Waals surface area contributed by atoms with E-state index in [2.05, 4.69) is 9.47 Å². The van der Waals surface area contributed by atoms with E-state index in [1.165, 1.54) is 0 Å². The monoisotopic (exact) mass is 301 g/mol. The van der Waals surface area contributed by atoms with Crippen LogP contribution in [-0.2, 0) is 19.1 Å². The van der Waals surface area contributed by atoms with Gasteiger partial charge in [0.15, 0.2) is 0 Å². The van der Waals surface area contributed by atoms with Gasteiger partial charge in [0.1, 0.15) is 6.04 Å². The number of carbonyl (C=O) groups excluding carboxylic acids is 2. The van der Waals surface area contributed by atoms with E-state index < -0.39 is 18.0 Å². The van der Waals surface area contributed by atoms with Crippen LogP contribution in [0.25, 0.3) is 0 Å². The number of ether oxygens (including phenoxy) is 2. The van der Waals surface area contributed by atoms with Gasteiger partial charge in [0.05, 0.1) is 0 Å². The number of carbonyl (C=O) groups is 2. The molecule has 0 spiro atoms. The van der Waals surface area contributed by atoms with Crippen LogP contribution in [0.5, 0.6) is 0 Å². The van der Waals surface area contributed by atoms with Crippen molar-refractivity contribution >= 4 is 34.5 Å². The Morgan fingerprint density at radius 3 is 2.54 bits per heavy atom. The van der Waals surface area contributed by atoms with Crippen molar-refractivity contribution in [3.05, 3.63) is 0 Å². The largest absolute Gasteiger partial charge is 0.428 e. The predicted octanol–water partition coefficient (Wildman–Crippen LogP) is 0.203. The Morgan fingerprint density at radius 1 is 1.46 bits per heavy atom. The van der Waals surface area contributed by atoms with Crippen LogP contribution in [0.2, 0.25) is 0 Å². The summed E-state index contributed by atoms with van der Waals surface area (Å²) in [5, 5.41) is 0. The quantitative estimate of drug-likeness (QED) is 0.340. The molecule has 0 saturated heterocycles. The van der Waals surface area contributed by atoms with Crippen LogP contribution in [0.15, 0.2) is 0 Å². The van der Waals surface area contributed by atoms with Crippen LogP contribution >= 0.6 is 22.6 Å². The standard InChI is InChI=1S/C7H12INO4/c1-2-6(10)12-4-13-7(11)5(9)3-8/h5H,2-4,9H2,1H3. The molecule has 0 heterocycles. The second kappa shape index (κ2) is 7.07. The van der Waals surface area contributed by atoms with E-state index in [-0.39, 0.29) is 13.2 Å². The van der Waals surface area contributed by atoms with Crippen molar-refractivity contribution in [1.29, 1.82) is 0 Å². The van der Waals surface area contributed by atoms with Crippen molar-refractivity contribution in [3.63, 3.8) is 0 Å². The van der Waals surface area contributed by atoms with E-state index >= 15 is 0 Å². The Balaban J connectivity index is 3.53. The predicted molar refractivity (Wildman–Crippen MR) is 54.2 cm³/mol. The van der Waals surface area contributed by atoms with Crippen molar-refractivity contribution in [2.75, 3.05) is 11.2 Å². The van der Waals surface area contributed by atoms with Crippen LogP contribution < -0.4 is 5.73 Å². The zero-order valence-electron chi connectivity index (χ0n) is 7.29. The number of alkyl halides is 1. The third-order valence-electron chi connectivity index (χ3n) is 1.18. The second-order valence-electron chi connectivity index (χ2n) is 2.21. The van der Waals surface area contributed by atoms with Crippen molar-refractivity contribution < 1.29 is 19.1 Å². The summed E-state index contributed by atoms with van der Waals surface area (Å²) in [7, 11) is 0. The summed E-state index contributed by atoms with van der Waals surface area (Å²) in [5.74, 6) is -0.964. The zero-order chi connectivity index (χ0) is 10.3. The van der Waals surface area contributed by atoms with Crippen LogP contribution in [0.1, 0.15) is 13.3 Å². The third-order valence-corrected chi connectivity index (χ3v) is 2.13. The lowest BCUT2D eigenvalue weighted by Crippen LogP contribution is -2.34. The molecule has 0 aliphatic rings. The molecule has 1 atom stereocenters. The summed E-state index contributed by atoms with van der Waals surface area (Å²) in [6.07, 6.45) is 0.260. The molecule has 0 bridgehead atoms. The Bertz CT molecular complexity index is 185. The molecule has 0 radical (unpaired) electrons. The molecule has 13 heavy (non-hydrogen) atoms. The summed E-state index contributed by atoms with van der Waals surface area (Å²) in [6.45, 7) is 1.30. The first-order chi connectivity index (χ1) is 6.11. The summed E-state index contributed by atoms with van der Waals surface area (Å²) < 4.78 is 9.54. The normalized spacial score (nSPS) is 11.9. The highest BCUT2D eigenvalue weighted by Crippen LogP contribution is 1.93. The highest BCUT2D eigenvalue weighted by molar-refractivity contribution is 14.1. The molecular weight excluding hydrogens is 289 g/mol. The van der Waals surface area contributed by atoms with Crippen LogP contribution in [0, 0.1) is 0 Å². The molecule has 1 unspecified atom stereocenters. The molecule has 5 nitrogen and oxygen atoms in total. The number of hydrogen-bond acceptors (Lipinski definition) is 5. The first-order valence-corrected chi connectivity index (χ1v) is 5.28. The molecule has 0 aromatic rings. The molecule has 2 N–H and O–H groups in total. The van der Waals surface area contributed by atoms with E-state index in [1.54, 1.807) is 6.92 Å². The molecular formula is C7H12INO4. The zero-order valence-corrected chi connectivity index (χ0v) is 9.44. The van der Waals surface area contributed by atoms with E-state index in [9.17, 15) is 9.59 Å². The van der Waals surface area contributed by atoms with E-state index in [0.717, 1.165) is 0 Å². The van der Waals surface area contributed by atoms with Gasteiger partial charge in [0.25, 0.3) is 0 Å². The highest BCUT2D eigenvalue weighted by atomic mass is 127. The van der Waals surface area contributed by atoms with Gasteiger partial charge in [-0.05, 0) is 0 Å². The van der Waals surface area contributed by atoms with E-state index in [0.29, 0.717) is 4.43 Å². The van der Waals surface area contributed by atoms with E-state index in [4.69, 9.17) is 5.73 Å². The number of hydrogen-bond donors (Lipinski definition) is 1. The van der Waals surface area contributed by atoms with Gasteiger partial charge < -0.3 is 15.2 Å². The average molecular weight is 301 g/mol. The summed E-state index contributed by atoms with van der Waals surface area (Å²) in [5.41, 5.74) is 5.34. The maximum atomic E-state index is 10.9. The molecule has 0 aromatic carbocycles. The van der Waals surface area contributed by atoms with Gasteiger partial charge in [-0.25, -0.2) is 0 Å². The van der Waals surface area contributed by atoms with E-state index in [1.807, 2.05) is 22.6 Å². The summed E-state index contributed by atoms with van der Waals surface area (Å²) in [4.78, 5) is 21.5. The SMILES string of the molecule is CCC(=O)OCOC(=O)C(N)CI. The molecule has 0 aliphatic carbocycles. The van der Waals surface area contributed by atoms with Crippen LogP contribution in [0.4, 0.5) is 0 Å². The second-order valence-corrected chi connectivity index (χ2v) is 3.09. The lowest BCUT2D eigenvalue weighted by atomic mass is 10.4. The minimum Gasteiger partial charge on any atom is -0.428 e. The van der Waals surface area contributed by atoms with Gasteiger partial charge in [0.2, 0.25) is 6.79 Å². The van der Waals surface area contributed by atoms with Gasteiger partial charge in [-0.3, -0.25) is 9.59 Å². The minimum absolute atomic E-state index is 0.260. The van der Waals surface area contributed by atoms with Crippen LogP contribution in [0.3, 0.4) is 0 Å². The number of nitrogens with two attached hydrogens (primary N) is 1. The van der Waals surface area contributed by atoms with Crippen molar-refractivity contribution in [1.82, 2.24) is 0 Å². The van der Waals surface area contributed by atoms with Gasteiger partial charge in [-0.2, -0.15) is 0 Å². The van der Waals surface area contributed by atoms with Gasteiger partial charge in [-0.15, -0.1) is 0 Å². The lowest BCUT2D eigenvalue weighted by molar-refractivity contribution is -0.167. The molecule has 0 aromatic heterocycles. The number of rotatable bonds is 5. The summed E-state index contributed by atoms with van der Waals surface area (Å²) >= 11 is 1.97. The van der Waals surface area contributed by atoms with Crippen molar-refractivity contribution in [3.8, 4) is 0 Å². The lowest BCUT2D eigenvalue weighted by Gasteiger charge is -2.08. The molecule has 0 rings (SSSR count). The molecule has 0 aliphatic heterocycles. The first-order valence-electron chi connectivity index (χ1n) is 3.75. The maximum Gasteiger partial charge on any atom is 0.326 e. The van der Waals surface area contributed by atoms with Crippen LogP contribution in [-0.4, -0.2) is 29.2 Å². The Labute approximate surface area is 90.1 Å². The Kier molecular flexibility index (Phi) is 6.87. The smallest absolute Gasteiger partial charge is 0.326 e. The average Bonchev–Trinajstić information content (AvgIpc) is 2.15.